The van der Waals surface area contributed by atoms with E-state index in [-0.39, 0.29) is 5.82 Å². The predicted octanol–water partition coefficient (Wildman–Crippen LogP) is 1.49. The molecule has 0 aliphatic carbocycles. The average molecular weight is 213 g/mol. The molecule has 1 aromatic carbocycles. The SMILES string of the molecule is Cc1ccc(OC(N)C(C)O)c(C)c1F. The van der Waals surface area contributed by atoms with Gasteiger partial charge in [0.15, 0.2) is 6.23 Å². The van der Waals surface area contributed by atoms with E-state index in [4.69, 9.17) is 15.6 Å². The van der Waals surface area contributed by atoms with Crippen LogP contribution in [0, 0.1) is 19.7 Å². The van der Waals surface area contributed by atoms with Crippen LogP contribution in [0.3, 0.4) is 0 Å². The summed E-state index contributed by atoms with van der Waals surface area (Å²) in [4.78, 5) is 0. The average Bonchev–Trinajstić information content (AvgIpc) is 2.18. The van der Waals surface area contributed by atoms with E-state index in [1.807, 2.05) is 0 Å². The highest BCUT2D eigenvalue weighted by molar-refractivity contribution is 5.37. The highest BCUT2D eigenvalue weighted by atomic mass is 19.1. The zero-order valence-corrected chi connectivity index (χ0v) is 9.12. The third-order valence-electron chi connectivity index (χ3n) is 2.27. The molecule has 0 heterocycles. The van der Waals surface area contributed by atoms with Crippen molar-refractivity contribution in [1.29, 1.82) is 0 Å². The van der Waals surface area contributed by atoms with E-state index in [0.717, 1.165) is 0 Å². The van der Waals surface area contributed by atoms with E-state index in [0.29, 0.717) is 16.9 Å². The van der Waals surface area contributed by atoms with Crippen molar-refractivity contribution in [3.8, 4) is 5.75 Å². The summed E-state index contributed by atoms with van der Waals surface area (Å²) in [5.41, 5.74) is 6.48. The van der Waals surface area contributed by atoms with Gasteiger partial charge in [-0.25, -0.2) is 4.39 Å². The molecule has 0 saturated heterocycles. The van der Waals surface area contributed by atoms with Gasteiger partial charge in [0, 0.05) is 5.56 Å². The molecule has 1 aromatic rings. The fourth-order valence-corrected chi connectivity index (χ4v) is 1.18. The van der Waals surface area contributed by atoms with Crippen molar-refractivity contribution in [2.45, 2.75) is 33.1 Å². The van der Waals surface area contributed by atoms with Gasteiger partial charge >= 0.3 is 0 Å². The Morgan fingerprint density at radius 1 is 1.40 bits per heavy atom. The fourth-order valence-electron chi connectivity index (χ4n) is 1.18. The Hall–Kier alpha value is -1.13. The minimum atomic E-state index is -0.842. The first kappa shape index (κ1) is 11.9. The van der Waals surface area contributed by atoms with Crippen LogP contribution >= 0.6 is 0 Å². The number of aliphatic hydroxyl groups is 1. The zero-order chi connectivity index (χ0) is 11.6. The molecule has 1 rings (SSSR count). The molecular weight excluding hydrogens is 197 g/mol. The maximum atomic E-state index is 13.5. The van der Waals surface area contributed by atoms with Gasteiger partial charge < -0.3 is 9.84 Å². The fraction of sp³-hybridized carbons (Fsp3) is 0.455. The third-order valence-corrected chi connectivity index (χ3v) is 2.27. The number of rotatable bonds is 3. The summed E-state index contributed by atoms with van der Waals surface area (Å²) >= 11 is 0. The van der Waals surface area contributed by atoms with E-state index in [1.165, 1.54) is 6.92 Å². The normalized spacial score (nSPS) is 14.8. The van der Waals surface area contributed by atoms with Gasteiger partial charge in [-0.3, -0.25) is 5.73 Å². The number of benzene rings is 1. The van der Waals surface area contributed by atoms with Gasteiger partial charge in [-0.15, -0.1) is 0 Å². The van der Waals surface area contributed by atoms with Crippen LogP contribution in [-0.4, -0.2) is 17.4 Å². The van der Waals surface area contributed by atoms with Crippen LogP contribution in [0.1, 0.15) is 18.1 Å². The second kappa shape index (κ2) is 4.59. The molecule has 4 heteroatoms. The summed E-state index contributed by atoms with van der Waals surface area (Å²) in [6.07, 6.45) is -1.64. The molecule has 3 nitrogen and oxygen atoms in total. The molecule has 0 spiro atoms. The largest absolute Gasteiger partial charge is 0.472 e. The first-order valence-corrected chi connectivity index (χ1v) is 4.79. The van der Waals surface area contributed by atoms with Crippen LogP contribution < -0.4 is 10.5 Å². The molecular formula is C11H16FNO2. The summed E-state index contributed by atoms with van der Waals surface area (Å²) in [5.74, 6) is 0.0665. The number of halogens is 1. The van der Waals surface area contributed by atoms with Gasteiger partial charge in [-0.2, -0.15) is 0 Å². The zero-order valence-electron chi connectivity index (χ0n) is 9.12. The number of hydrogen-bond donors (Lipinski definition) is 2. The minimum Gasteiger partial charge on any atom is -0.472 e. The highest BCUT2D eigenvalue weighted by Crippen LogP contribution is 2.23. The molecule has 0 saturated carbocycles. The quantitative estimate of drug-likeness (QED) is 0.748. The second-order valence-electron chi connectivity index (χ2n) is 3.64. The molecule has 84 valence electrons. The summed E-state index contributed by atoms with van der Waals surface area (Å²) in [5, 5.41) is 9.15. The Morgan fingerprint density at radius 3 is 2.53 bits per heavy atom. The lowest BCUT2D eigenvalue weighted by molar-refractivity contribution is 0.0522. The number of aliphatic hydroxyl groups excluding tert-OH is 1. The van der Waals surface area contributed by atoms with Gasteiger partial charge in [0.2, 0.25) is 0 Å². The maximum absolute atomic E-state index is 13.5. The molecule has 0 aromatic heterocycles. The van der Waals surface area contributed by atoms with E-state index < -0.39 is 12.3 Å². The number of hydrogen-bond acceptors (Lipinski definition) is 3. The summed E-state index contributed by atoms with van der Waals surface area (Å²) in [6.45, 7) is 4.82. The van der Waals surface area contributed by atoms with E-state index in [1.54, 1.807) is 26.0 Å². The molecule has 0 amide bonds. The lowest BCUT2D eigenvalue weighted by Crippen LogP contribution is -2.38. The van der Waals surface area contributed by atoms with E-state index in [2.05, 4.69) is 0 Å². The Balaban J connectivity index is 2.92. The smallest absolute Gasteiger partial charge is 0.173 e. The van der Waals surface area contributed by atoms with Crippen LogP contribution in [0.4, 0.5) is 4.39 Å². The minimum absolute atomic E-state index is 0.301. The van der Waals surface area contributed by atoms with Gasteiger partial charge in [0.05, 0.1) is 0 Å². The van der Waals surface area contributed by atoms with Crippen LogP contribution in [0.2, 0.25) is 0 Å². The van der Waals surface area contributed by atoms with Crippen LogP contribution in [0.15, 0.2) is 12.1 Å². The second-order valence-corrected chi connectivity index (χ2v) is 3.64. The molecule has 2 unspecified atom stereocenters. The van der Waals surface area contributed by atoms with Crippen molar-refractivity contribution >= 4 is 0 Å². The van der Waals surface area contributed by atoms with Gasteiger partial charge in [0.1, 0.15) is 17.7 Å². The molecule has 3 N–H and O–H groups in total. The van der Waals surface area contributed by atoms with Crippen molar-refractivity contribution in [3.63, 3.8) is 0 Å². The van der Waals surface area contributed by atoms with Gasteiger partial charge in [-0.05, 0) is 32.4 Å². The number of nitrogens with two attached hydrogens (primary N) is 1. The van der Waals surface area contributed by atoms with E-state index >= 15 is 0 Å². The molecule has 15 heavy (non-hydrogen) atoms. The summed E-state index contributed by atoms with van der Waals surface area (Å²) in [6, 6.07) is 3.27. The topological polar surface area (TPSA) is 55.5 Å². The van der Waals surface area contributed by atoms with Gasteiger partial charge in [-0.1, -0.05) is 6.07 Å². The third kappa shape index (κ3) is 2.67. The lowest BCUT2D eigenvalue weighted by atomic mass is 10.1. The number of aryl methyl sites for hydroxylation is 1. The van der Waals surface area contributed by atoms with Gasteiger partial charge in [0.25, 0.3) is 0 Å². The molecule has 0 fully saturated rings. The van der Waals surface area contributed by atoms with Crippen molar-refractivity contribution < 1.29 is 14.2 Å². The predicted molar refractivity (Wildman–Crippen MR) is 56.2 cm³/mol. The van der Waals surface area contributed by atoms with Crippen molar-refractivity contribution in [3.05, 3.63) is 29.1 Å². The Morgan fingerprint density at radius 2 is 2.00 bits per heavy atom. The Labute approximate surface area is 88.7 Å². The molecule has 2 atom stereocenters. The van der Waals surface area contributed by atoms with Crippen LogP contribution in [0.25, 0.3) is 0 Å². The number of ether oxygens (including phenoxy) is 1. The molecule has 0 aliphatic rings. The Bertz CT molecular complexity index is 353. The Kier molecular flexibility index (Phi) is 3.66. The maximum Gasteiger partial charge on any atom is 0.173 e. The first-order chi connectivity index (χ1) is 6.93. The highest BCUT2D eigenvalue weighted by Gasteiger charge is 2.14. The lowest BCUT2D eigenvalue weighted by Gasteiger charge is -2.18. The van der Waals surface area contributed by atoms with Crippen molar-refractivity contribution in [2.75, 3.05) is 0 Å². The van der Waals surface area contributed by atoms with E-state index in [9.17, 15) is 4.39 Å². The monoisotopic (exact) mass is 213 g/mol. The van der Waals surface area contributed by atoms with Crippen molar-refractivity contribution in [2.24, 2.45) is 5.73 Å². The summed E-state index contributed by atoms with van der Waals surface area (Å²) in [7, 11) is 0. The van der Waals surface area contributed by atoms with Crippen LogP contribution in [0.5, 0.6) is 5.75 Å². The summed E-state index contributed by atoms with van der Waals surface area (Å²) < 4.78 is 18.7. The molecule has 0 radical (unpaired) electrons. The van der Waals surface area contributed by atoms with Crippen LogP contribution in [-0.2, 0) is 0 Å². The molecule has 0 aliphatic heterocycles. The molecule has 0 bridgehead atoms. The first-order valence-electron chi connectivity index (χ1n) is 4.79. The standard InChI is InChI=1S/C11H16FNO2/c1-6-4-5-9(7(2)10(6)12)15-11(13)8(3)14/h4-5,8,11,14H,13H2,1-3H3. The van der Waals surface area contributed by atoms with Crippen molar-refractivity contribution in [1.82, 2.24) is 0 Å².